The maximum Gasteiger partial charge on any atom is 0.217 e. The van der Waals surface area contributed by atoms with Crippen molar-refractivity contribution in [1.82, 2.24) is 9.97 Å². The molecule has 1 aromatic heterocycles. The monoisotopic (exact) mass is 292 g/mol. The van der Waals surface area contributed by atoms with E-state index in [0.29, 0.717) is 12.5 Å². The molecule has 0 fully saturated rings. The van der Waals surface area contributed by atoms with Gasteiger partial charge in [-0.2, -0.15) is 4.98 Å². The molecule has 0 saturated carbocycles. The lowest BCUT2D eigenvalue weighted by molar-refractivity contribution is 0.293. The molecule has 2 aromatic carbocycles. The Morgan fingerprint density at radius 3 is 2.68 bits per heavy atom. The molecule has 1 heterocycles. The quantitative estimate of drug-likeness (QED) is 0.696. The van der Waals surface area contributed by atoms with Crippen molar-refractivity contribution in [3.8, 4) is 5.88 Å². The highest BCUT2D eigenvalue weighted by Gasteiger charge is 2.05. The van der Waals surface area contributed by atoms with Gasteiger partial charge in [-0.15, -0.1) is 0 Å². The zero-order chi connectivity index (χ0) is 15.4. The maximum absolute atomic E-state index is 5.92. The largest absolute Gasteiger partial charge is 0.473 e. The van der Waals surface area contributed by atoms with Crippen LogP contribution in [0.3, 0.4) is 0 Å². The Morgan fingerprint density at radius 1 is 1.00 bits per heavy atom. The minimum atomic E-state index is 0.517. The highest BCUT2D eigenvalue weighted by Crippen LogP contribution is 2.20. The molecule has 0 aliphatic heterocycles. The number of ether oxygens (including phenoxy) is 1. The lowest BCUT2D eigenvalue weighted by Crippen LogP contribution is -2.03. The smallest absolute Gasteiger partial charge is 0.217 e. The van der Waals surface area contributed by atoms with Crippen molar-refractivity contribution in [3.05, 3.63) is 65.6 Å². The van der Waals surface area contributed by atoms with Gasteiger partial charge in [0.15, 0.2) is 0 Å². The predicted octanol–water partition coefficient (Wildman–Crippen LogP) is 4.47. The molecule has 0 aliphatic rings. The van der Waals surface area contributed by atoms with E-state index >= 15 is 0 Å². The number of nitrogens with zero attached hydrogens (tertiary/aromatic N) is 2. The molecule has 3 aromatic rings. The van der Waals surface area contributed by atoms with Crippen molar-refractivity contribution in [2.24, 2.45) is 0 Å². The van der Waals surface area contributed by atoms with Crippen molar-refractivity contribution >= 4 is 10.8 Å². The third-order valence-electron chi connectivity index (χ3n) is 3.61. The van der Waals surface area contributed by atoms with E-state index in [2.05, 4.69) is 59.4 Å². The molecule has 0 atom stereocenters. The van der Waals surface area contributed by atoms with Crippen LogP contribution in [0.4, 0.5) is 0 Å². The van der Waals surface area contributed by atoms with Crippen LogP contribution < -0.4 is 4.74 Å². The number of fused-ring (bicyclic) bond motifs is 1. The standard InChI is InChI=1S/C19H20N2O/c1-3-7-18-20-14(2)12-19(21-18)22-13-16-10-6-9-15-8-4-5-11-17(15)16/h4-6,8-12H,3,7,13H2,1-2H3. The van der Waals surface area contributed by atoms with Gasteiger partial charge in [0, 0.05) is 18.2 Å². The highest BCUT2D eigenvalue weighted by molar-refractivity contribution is 5.85. The fourth-order valence-corrected chi connectivity index (χ4v) is 2.58. The minimum absolute atomic E-state index is 0.517. The van der Waals surface area contributed by atoms with E-state index in [1.54, 1.807) is 0 Å². The second-order valence-corrected chi connectivity index (χ2v) is 5.44. The summed E-state index contributed by atoms with van der Waals surface area (Å²) in [6, 6.07) is 16.5. The van der Waals surface area contributed by atoms with E-state index in [1.807, 2.05) is 13.0 Å². The average Bonchev–Trinajstić information content (AvgIpc) is 2.53. The summed E-state index contributed by atoms with van der Waals surface area (Å²) in [5.41, 5.74) is 2.12. The molecule has 3 heteroatoms. The number of benzene rings is 2. The molecule has 0 unspecified atom stereocenters. The number of rotatable bonds is 5. The van der Waals surface area contributed by atoms with Crippen LogP contribution in [-0.2, 0) is 13.0 Å². The number of aryl methyl sites for hydroxylation is 2. The van der Waals surface area contributed by atoms with Gasteiger partial charge in [-0.1, -0.05) is 49.4 Å². The normalized spacial score (nSPS) is 10.8. The van der Waals surface area contributed by atoms with Gasteiger partial charge >= 0.3 is 0 Å². The van der Waals surface area contributed by atoms with Gasteiger partial charge in [-0.05, 0) is 29.7 Å². The van der Waals surface area contributed by atoms with Crippen LogP contribution in [-0.4, -0.2) is 9.97 Å². The van der Waals surface area contributed by atoms with E-state index in [9.17, 15) is 0 Å². The van der Waals surface area contributed by atoms with Crippen LogP contribution in [0.25, 0.3) is 10.8 Å². The van der Waals surface area contributed by atoms with Gasteiger partial charge in [-0.25, -0.2) is 4.98 Å². The van der Waals surface area contributed by atoms with Crippen molar-refractivity contribution in [1.29, 1.82) is 0 Å². The first-order valence-corrected chi connectivity index (χ1v) is 7.70. The van der Waals surface area contributed by atoms with Crippen LogP contribution in [0.1, 0.15) is 30.4 Å². The fourth-order valence-electron chi connectivity index (χ4n) is 2.58. The van der Waals surface area contributed by atoms with Crippen LogP contribution in [0.2, 0.25) is 0 Å². The van der Waals surface area contributed by atoms with Crippen LogP contribution in [0.5, 0.6) is 5.88 Å². The number of aromatic nitrogens is 2. The van der Waals surface area contributed by atoms with Gasteiger partial charge in [0.05, 0.1) is 0 Å². The second kappa shape index (κ2) is 6.56. The van der Waals surface area contributed by atoms with Crippen LogP contribution in [0, 0.1) is 6.92 Å². The first kappa shape index (κ1) is 14.5. The topological polar surface area (TPSA) is 35.0 Å². The van der Waals surface area contributed by atoms with Crippen molar-refractivity contribution in [2.45, 2.75) is 33.3 Å². The van der Waals surface area contributed by atoms with E-state index in [0.717, 1.165) is 24.4 Å². The summed E-state index contributed by atoms with van der Waals surface area (Å²) in [7, 11) is 0. The SMILES string of the molecule is CCCc1nc(C)cc(OCc2cccc3ccccc23)n1. The van der Waals surface area contributed by atoms with Gasteiger partial charge in [0.25, 0.3) is 0 Å². The molecule has 3 rings (SSSR count). The van der Waals surface area contributed by atoms with E-state index in [-0.39, 0.29) is 0 Å². The van der Waals surface area contributed by atoms with E-state index < -0.39 is 0 Å². The summed E-state index contributed by atoms with van der Waals surface area (Å²) in [5.74, 6) is 1.51. The molecule has 0 amide bonds. The zero-order valence-corrected chi connectivity index (χ0v) is 13.0. The van der Waals surface area contributed by atoms with Gasteiger partial charge in [0.2, 0.25) is 5.88 Å². The predicted molar refractivity (Wildman–Crippen MR) is 89.0 cm³/mol. The Kier molecular flexibility index (Phi) is 4.33. The molecule has 0 aliphatic carbocycles. The average molecular weight is 292 g/mol. The summed E-state index contributed by atoms with van der Waals surface area (Å²) < 4.78 is 5.92. The molecule has 112 valence electrons. The van der Waals surface area contributed by atoms with Crippen molar-refractivity contribution < 1.29 is 4.74 Å². The zero-order valence-electron chi connectivity index (χ0n) is 13.0. The highest BCUT2D eigenvalue weighted by atomic mass is 16.5. The number of hydrogen-bond donors (Lipinski definition) is 0. The van der Waals surface area contributed by atoms with Gasteiger partial charge in [0.1, 0.15) is 12.4 Å². The number of hydrogen-bond acceptors (Lipinski definition) is 3. The summed E-state index contributed by atoms with van der Waals surface area (Å²) in [5, 5.41) is 2.46. The van der Waals surface area contributed by atoms with E-state index in [1.165, 1.54) is 16.3 Å². The molecule has 22 heavy (non-hydrogen) atoms. The first-order valence-electron chi connectivity index (χ1n) is 7.70. The van der Waals surface area contributed by atoms with Crippen LogP contribution >= 0.6 is 0 Å². The van der Waals surface area contributed by atoms with Gasteiger partial charge in [-0.3, -0.25) is 0 Å². The Labute approximate surface area is 131 Å². The third kappa shape index (κ3) is 3.25. The molecule has 0 saturated heterocycles. The Bertz CT molecular complexity index is 778. The molecule has 0 spiro atoms. The minimum Gasteiger partial charge on any atom is -0.473 e. The maximum atomic E-state index is 5.92. The summed E-state index contributed by atoms with van der Waals surface area (Å²) in [6.45, 7) is 4.62. The Morgan fingerprint density at radius 2 is 1.82 bits per heavy atom. The fraction of sp³-hybridized carbons (Fsp3) is 0.263. The van der Waals surface area contributed by atoms with Gasteiger partial charge < -0.3 is 4.74 Å². The van der Waals surface area contributed by atoms with E-state index in [4.69, 9.17) is 4.74 Å². The molecule has 3 nitrogen and oxygen atoms in total. The Balaban J connectivity index is 1.82. The molecular weight excluding hydrogens is 272 g/mol. The molecule has 0 bridgehead atoms. The first-order chi connectivity index (χ1) is 10.8. The molecule has 0 radical (unpaired) electrons. The lowest BCUT2D eigenvalue weighted by atomic mass is 10.1. The summed E-state index contributed by atoms with van der Waals surface area (Å²) in [6.07, 6.45) is 1.92. The van der Waals surface area contributed by atoms with Crippen molar-refractivity contribution in [2.75, 3.05) is 0 Å². The van der Waals surface area contributed by atoms with Crippen molar-refractivity contribution in [3.63, 3.8) is 0 Å². The summed E-state index contributed by atoms with van der Waals surface area (Å²) >= 11 is 0. The van der Waals surface area contributed by atoms with Crippen LogP contribution in [0.15, 0.2) is 48.5 Å². The Hall–Kier alpha value is -2.42. The summed E-state index contributed by atoms with van der Waals surface area (Å²) in [4.78, 5) is 8.92. The molecule has 0 N–H and O–H groups in total. The lowest BCUT2D eigenvalue weighted by Gasteiger charge is -2.10. The second-order valence-electron chi connectivity index (χ2n) is 5.44. The molecular formula is C19H20N2O. The third-order valence-corrected chi connectivity index (χ3v) is 3.61.